The molecule has 1 rings (SSSR count). The Bertz CT molecular complexity index is 415. The molecule has 0 saturated heterocycles. The van der Waals surface area contributed by atoms with Crippen molar-refractivity contribution >= 4 is 29.1 Å². The van der Waals surface area contributed by atoms with Gasteiger partial charge in [-0.1, -0.05) is 31.5 Å². The average molecular weight is 276 g/mol. The van der Waals surface area contributed by atoms with Crippen molar-refractivity contribution in [2.45, 2.75) is 38.1 Å². The summed E-state index contributed by atoms with van der Waals surface area (Å²) in [5, 5.41) is 11.3. The smallest absolute Gasteiger partial charge is 0.258 e. The Balaban J connectivity index is 2.85. The summed E-state index contributed by atoms with van der Waals surface area (Å²) in [5.74, 6) is 0.807. The van der Waals surface area contributed by atoms with E-state index in [-0.39, 0.29) is 11.0 Å². The van der Waals surface area contributed by atoms with Crippen molar-refractivity contribution in [3.63, 3.8) is 0 Å². The number of rotatable bonds is 6. The van der Waals surface area contributed by atoms with Gasteiger partial charge in [0.2, 0.25) is 5.28 Å². The number of nitrogens with zero attached hydrogens (tertiary/aromatic N) is 3. The minimum atomic E-state index is -0.451. The fourth-order valence-electron chi connectivity index (χ4n) is 1.34. The van der Waals surface area contributed by atoms with Gasteiger partial charge in [-0.05, 0) is 30.7 Å². The van der Waals surface area contributed by atoms with Crippen molar-refractivity contribution in [2.24, 2.45) is 0 Å². The monoisotopic (exact) mass is 275 g/mol. The highest BCUT2D eigenvalue weighted by Crippen LogP contribution is 2.30. The molecule has 17 heavy (non-hydrogen) atoms. The van der Waals surface area contributed by atoms with Crippen molar-refractivity contribution in [2.75, 3.05) is 5.75 Å². The van der Waals surface area contributed by atoms with E-state index in [9.17, 15) is 10.1 Å². The first-order chi connectivity index (χ1) is 8.06. The summed E-state index contributed by atoms with van der Waals surface area (Å²) in [6.45, 7) is 3.68. The number of nitro groups is 1. The van der Waals surface area contributed by atoms with E-state index in [0.29, 0.717) is 10.7 Å². The molecule has 0 N–H and O–H groups in total. The van der Waals surface area contributed by atoms with Crippen LogP contribution in [0.2, 0.25) is 5.28 Å². The molecule has 0 aliphatic heterocycles. The zero-order valence-corrected chi connectivity index (χ0v) is 11.3. The Morgan fingerprint density at radius 2 is 2.12 bits per heavy atom. The highest BCUT2D eigenvalue weighted by Gasteiger charge is 2.21. The lowest BCUT2D eigenvalue weighted by Gasteiger charge is -2.04. The Hall–Kier alpha value is -0.880. The first-order valence-corrected chi connectivity index (χ1v) is 6.74. The van der Waals surface area contributed by atoms with E-state index >= 15 is 0 Å². The van der Waals surface area contributed by atoms with Crippen LogP contribution in [0.5, 0.6) is 0 Å². The maximum absolute atomic E-state index is 10.9. The first kappa shape index (κ1) is 14.2. The van der Waals surface area contributed by atoms with Crippen LogP contribution in [-0.2, 0) is 0 Å². The normalized spacial score (nSPS) is 10.5. The van der Waals surface area contributed by atoms with Crippen molar-refractivity contribution in [1.29, 1.82) is 0 Å². The lowest BCUT2D eigenvalue weighted by atomic mass is 10.3. The number of hydrogen-bond donors (Lipinski definition) is 0. The van der Waals surface area contributed by atoms with Crippen molar-refractivity contribution in [3.05, 3.63) is 21.1 Å². The molecular weight excluding hydrogens is 262 g/mol. The summed E-state index contributed by atoms with van der Waals surface area (Å²) in [7, 11) is 0. The molecule has 0 atom stereocenters. The number of unbranched alkanes of at least 4 members (excludes halogenated alkanes) is 2. The minimum Gasteiger partial charge on any atom is -0.258 e. The van der Waals surface area contributed by atoms with Gasteiger partial charge in [0.1, 0.15) is 5.69 Å². The number of halogens is 1. The van der Waals surface area contributed by atoms with Crippen molar-refractivity contribution in [1.82, 2.24) is 9.97 Å². The minimum absolute atomic E-state index is 0.0316. The van der Waals surface area contributed by atoms with Crippen LogP contribution in [-0.4, -0.2) is 20.6 Å². The van der Waals surface area contributed by atoms with Crippen LogP contribution in [0.4, 0.5) is 5.69 Å². The second kappa shape index (κ2) is 6.76. The molecule has 0 aliphatic carbocycles. The largest absolute Gasteiger partial charge is 0.322 e. The van der Waals surface area contributed by atoms with Crippen molar-refractivity contribution in [3.8, 4) is 0 Å². The van der Waals surface area contributed by atoms with Crippen LogP contribution in [0.3, 0.4) is 0 Å². The van der Waals surface area contributed by atoms with Crippen LogP contribution in [0.25, 0.3) is 0 Å². The molecule has 1 aromatic rings. The topological polar surface area (TPSA) is 68.9 Å². The van der Waals surface area contributed by atoms with E-state index in [4.69, 9.17) is 11.6 Å². The summed E-state index contributed by atoms with van der Waals surface area (Å²) in [6, 6.07) is 0. The van der Waals surface area contributed by atoms with Gasteiger partial charge in [0.15, 0.2) is 5.03 Å². The third kappa shape index (κ3) is 4.12. The fourth-order valence-corrected chi connectivity index (χ4v) is 2.65. The predicted molar refractivity (Wildman–Crippen MR) is 68.7 cm³/mol. The molecule has 0 bridgehead atoms. The Morgan fingerprint density at radius 1 is 1.41 bits per heavy atom. The summed E-state index contributed by atoms with van der Waals surface area (Å²) in [5.41, 5.74) is 0.281. The molecule has 0 saturated carbocycles. The van der Waals surface area contributed by atoms with E-state index in [1.54, 1.807) is 6.92 Å². The van der Waals surface area contributed by atoms with Gasteiger partial charge >= 0.3 is 5.69 Å². The van der Waals surface area contributed by atoms with E-state index in [0.717, 1.165) is 25.0 Å². The second-order valence-corrected chi connectivity index (χ2v) is 4.97. The summed E-state index contributed by atoms with van der Waals surface area (Å²) in [6.07, 6.45) is 3.24. The zero-order chi connectivity index (χ0) is 12.8. The van der Waals surface area contributed by atoms with Crippen molar-refractivity contribution < 1.29 is 4.92 Å². The van der Waals surface area contributed by atoms with Gasteiger partial charge in [0, 0.05) is 0 Å². The van der Waals surface area contributed by atoms with Gasteiger partial charge in [-0.2, -0.15) is 0 Å². The molecule has 1 heterocycles. The quantitative estimate of drug-likeness (QED) is 0.198. The molecule has 0 aromatic carbocycles. The SMILES string of the molecule is CCCCCSc1nc(Cl)nc(C)c1[N+](=O)[O-]. The molecule has 94 valence electrons. The number of aromatic nitrogens is 2. The van der Waals surface area contributed by atoms with Crippen LogP contribution in [0.15, 0.2) is 5.03 Å². The maximum atomic E-state index is 10.9. The third-order valence-electron chi connectivity index (χ3n) is 2.17. The highest BCUT2D eigenvalue weighted by molar-refractivity contribution is 7.99. The first-order valence-electron chi connectivity index (χ1n) is 5.37. The molecular formula is C10H14ClN3O2S. The van der Waals surface area contributed by atoms with E-state index in [1.807, 2.05) is 0 Å². The maximum Gasteiger partial charge on any atom is 0.322 e. The van der Waals surface area contributed by atoms with E-state index in [1.165, 1.54) is 11.8 Å². The lowest BCUT2D eigenvalue weighted by Crippen LogP contribution is -2.00. The Kier molecular flexibility index (Phi) is 5.64. The second-order valence-electron chi connectivity index (χ2n) is 3.54. The fraction of sp³-hybridized carbons (Fsp3) is 0.600. The van der Waals surface area contributed by atoms with Gasteiger partial charge in [0.05, 0.1) is 4.92 Å². The van der Waals surface area contributed by atoms with Crippen LogP contribution < -0.4 is 0 Å². The standard InChI is InChI=1S/C10H14ClN3O2S/c1-3-4-5-6-17-9-8(14(15)16)7(2)12-10(11)13-9/h3-6H2,1-2H3. The molecule has 1 aromatic heterocycles. The number of thioether (sulfide) groups is 1. The van der Waals surface area contributed by atoms with Crippen LogP contribution in [0, 0.1) is 17.0 Å². The Morgan fingerprint density at radius 3 is 2.71 bits per heavy atom. The number of aryl methyl sites for hydroxylation is 1. The predicted octanol–water partition coefficient (Wildman–Crippen LogP) is 3.63. The van der Waals surface area contributed by atoms with Gasteiger partial charge in [-0.15, -0.1) is 0 Å². The molecule has 0 unspecified atom stereocenters. The zero-order valence-electron chi connectivity index (χ0n) is 9.77. The Labute approximate surface area is 109 Å². The highest BCUT2D eigenvalue weighted by atomic mass is 35.5. The average Bonchev–Trinajstić information content (AvgIpc) is 2.22. The molecule has 0 fully saturated rings. The summed E-state index contributed by atoms with van der Waals surface area (Å²) in [4.78, 5) is 18.2. The third-order valence-corrected chi connectivity index (χ3v) is 3.39. The van der Waals surface area contributed by atoms with Crippen LogP contribution in [0.1, 0.15) is 31.9 Å². The van der Waals surface area contributed by atoms with E-state index in [2.05, 4.69) is 16.9 Å². The van der Waals surface area contributed by atoms with E-state index < -0.39 is 4.92 Å². The molecule has 0 spiro atoms. The lowest BCUT2D eigenvalue weighted by molar-refractivity contribution is -0.389. The van der Waals surface area contributed by atoms with Gasteiger partial charge in [-0.25, -0.2) is 9.97 Å². The summed E-state index contributed by atoms with van der Waals surface area (Å²) < 4.78 is 0. The van der Waals surface area contributed by atoms with Gasteiger partial charge in [-0.3, -0.25) is 10.1 Å². The molecule has 0 aliphatic rings. The summed E-state index contributed by atoms with van der Waals surface area (Å²) >= 11 is 7.08. The van der Waals surface area contributed by atoms with Gasteiger partial charge < -0.3 is 0 Å². The van der Waals surface area contributed by atoms with Gasteiger partial charge in [0.25, 0.3) is 0 Å². The molecule has 7 heteroatoms. The molecule has 0 amide bonds. The van der Waals surface area contributed by atoms with Crippen LogP contribution >= 0.6 is 23.4 Å². The molecule has 5 nitrogen and oxygen atoms in total. The molecule has 0 radical (unpaired) electrons. The number of hydrogen-bond acceptors (Lipinski definition) is 5.